The molecule has 10 heteroatoms. The molecule has 4 rings (SSSR count). The van der Waals surface area contributed by atoms with E-state index in [0.29, 0.717) is 29.2 Å². The molecule has 1 aliphatic heterocycles. The van der Waals surface area contributed by atoms with Crippen molar-refractivity contribution >= 4 is 17.7 Å². The van der Waals surface area contributed by atoms with Crippen LogP contribution in [-0.2, 0) is 9.53 Å². The van der Waals surface area contributed by atoms with Crippen molar-refractivity contribution in [3.05, 3.63) is 70.9 Å². The Bertz CT molecular complexity index is 1170. The Kier molecular flexibility index (Phi) is 5.84. The van der Waals surface area contributed by atoms with Crippen molar-refractivity contribution in [2.45, 2.75) is 13.0 Å². The first kappa shape index (κ1) is 21.0. The molecule has 0 amide bonds. The molecule has 10 nitrogen and oxygen atoms in total. The number of carbonyl (C=O) groups is 2. The molecule has 0 saturated heterocycles. The molecule has 0 fully saturated rings. The zero-order chi connectivity index (χ0) is 22.7. The van der Waals surface area contributed by atoms with E-state index < -0.39 is 12.0 Å². The van der Waals surface area contributed by atoms with Gasteiger partial charge in [-0.1, -0.05) is 17.2 Å². The third kappa shape index (κ3) is 3.78. The number of anilines is 1. The number of allylic oxidation sites excluding steroid dienone is 1. The molecule has 0 aliphatic carbocycles. The molecule has 3 aromatic rings. The van der Waals surface area contributed by atoms with Gasteiger partial charge in [0.15, 0.2) is 5.78 Å². The van der Waals surface area contributed by atoms with Crippen LogP contribution in [0.15, 0.2) is 59.8 Å². The Hall–Kier alpha value is -4.21. The first-order chi connectivity index (χ1) is 15.6. The predicted molar refractivity (Wildman–Crippen MR) is 114 cm³/mol. The topological polar surface area (TPSA) is 117 Å². The molecule has 32 heavy (non-hydrogen) atoms. The summed E-state index contributed by atoms with van der Waals surface area (Å²) < 4.78 is 17.1. The van der Waals surface area contributed by atoms with Gasteiger partial charge in [0, 0.05) is 5.56 Å². The van der Waals surface area contributed by atoms with Crippen molar-refractivity contribution in [2.24, 2.45) is 0 Å². The predicted octanol–water partition coefficient (Wildman–Crippen LogP) is 2.41. The molecule has 164 valence electrons. The van der Waals surface area contributed by atoms with E-state index in [1.165, 1.54) is 11.8 Å². The number of hydrogen-bond acceptors (Lipinski definition) is 9. The maximum atomic E-state index is 13.7. The molecular weight excluding hydrogens is 414 g/mol. The maximum Gasteiger partial charge on any atom is 0.355 e. The van der Waals surface area contributed by atoms with Gasteiger partial charge in [-0.2, -0.15) is 4.68 Å². The average Bonchev–Trinajstić information content (AvgIpc) is 3.31. The van der Waals surface area contributed by atoms with Crippen LogP contribution < -0.4 is 14.8 Å². The third-order valence-electron chi connectivity index (χ3n) is 5.01. The number of fused-ring (bicyclic) bond motifs is 1. The molecule has 2 aromatic carbocycles. The van der Waals surface area contributed by atoms with Crippen LogP contribution in [0.2, 0.25) is 0 Å². The molecular formula is C22H21N5O5. The van der Waals surface area contributed by atoms with Crippen LogP contribution in [0.5, 0.6) is 11.5 Å². The van der Waals surface area contributed by atoms with Gasteiger partial charge in [-0.3, -0.25) is 4.79 Å². The summed E-state index contributed by atoms with van der Waals surface area (Å²) in [5, 5.41) is 14.5. The van der Waals surface area contributed by atoms with Crippen LogP contribution in [0.1, 0.15) is 28.9 Å². The highest BCUT2D eigenvalue weighted by Crippen LogP contribution is 2.37. The van der Waals surface area contributed by atoms with Gasteiger partial charge in [0.05, 0.1) is 26.4 Å². The lowest BCUT2D eigenvalue weighted by atomic mass is 9.89. The van der Waals surface area contributed by atoms with E-state index >= 15 is 0 Å². The molecule has 0 unspecified atom stereocenters. The van der Waals surface area contributed by atoms with Gasteiger partial charge in [0.2, 0.25) is 5.95 Å². The van der Waals surface area contributed by atoms with Crippen molar-refractivity contribution in [3.8, 4) is 11.5 Å². The minimum absolute atomic E-state index is 0.0190. The van der Waals surface area contributed by atoms with Gasteiger partial charge in [-0.05, 0) is 59.3 Å². The number of aromatic nitrogens is 4. The van der Waals surface area contributed by atoms with Crippen LogP contribution in [0.25, 0.3) is 0 Å². The number of carbonyl (C=O) groups excluding carboxylic acids is 2. The largest absolute Gasteiger partial charge is 0.497 e. The number of rotatable bonds is 7. The molecule has 0 bridgehead atoms. The van der Waals surface area contributed by atoms with E-state index in [1.807, 2.05) is 6.92 Å². The normalized spacial score (nSPS) is 14.9. The van der Waals surface area contributed by atoms with Gasteiger partial charge in [0.1, 0.15) is 23.2 Å². The van der Waals surface area contributed by atoms with E-state index in [2.05, 4.69) is 20.8 Å². The van der Waals surface area contributed by atoms with Crippen molar-refractivity contribution in [2.75, 3.05) is 26.1 Å². The number of nitrogens with zero attached hydrogens (tertiary/aromatic N) is 4. The highest BCUT2D eigenvalue weighted by atomic mass is 16.5. The second-order valence-corrected chi connectivity index (χ2v) is 6.81. The average molecular weight is 435 g/mol. The van der Waals surface area contributed by atoms with Crippen molar-refractivity contribution in [1.29, 1.82) is 0 Å². The molecule has 0 spiro atoms. The number of benzene rings is 2. The summed E-state index contributed by atoms with van der Waals surface area (Å²) in [4.78, 5) is 26.3. The number of ketones is 1. The number of methoxy groups -OCH3 is 2. The lowest BCUT2D eigenvalue weighted by Gasteiger charge is -2.28. The quantitative estimate of drug-likeness (QED) is 0.441. The van der Waals surface area contributed by atoms with Crippen LogP contribution >= 0.6 is 0 Å². The summed E-state index contributed by atoms with van der Waals surface area (Å²) in [7, 11) is 2.81. The Morgan fingerprint density at radius 1 is 1.03 bits per heavy atom. The van der Waals surface area contributed by atoms with Crippen LogP contribution in [-0.4, -0.2) is 52.8 Å². The molecule has 1 aliphatic rings. The summed E-state index contributed by atoms with van der Waals surface area (Å²) in [6.45, 7) is 2.39. The van der Waals surface area contributed by atoms with E-state index in [9.17, 15) is 9.59 Å². The lowest BCUT2D eigenvalue weighted by Crippen LogP contribution is -2.32. The van der Waals surface area contributed by atoms with Crippen molar-refractivity contribution in [3.63, 3.8) is 0 Å². The Balaban J connectivity index is 1.86. The summed E-state index contributed by atoms with van der Waals surface area (Å²) in [6, 6.07) is 13.1. The third-order valence-corrected chi connectivity index (χ3v) is 5.01. The van der Waals surface area contributed by atoms with E-state index in [1.54, 1.807) is 55.6 Å². The van der Waals surface area contributed by atoms with Crippen LogP contribution in [0.3, 0.4) is 0 Å². The van der Waals surface area contributed by atoms with E-state index in [0.717, 1.165) is 0 Å². The monoisotopic (exact) mass is 435 g/mol. The summed E-state index contributed by atoms with van der Waals surface area (Å²) in [6.07, 6.45) is 0. The first-order valence-electron chi connectivity index (χ1n) is 9.86. The van der Waals surface area contributed by atoms with Crippen molar-refractivity contribution < 1.29 is 23.8 Å². The Labute approximate surface area is 183 Å². The van der Waals surface area contributed by atoms with Gasteiger partial charge in [0.25, 0.3) is 0 Å². The van der Waals surface area contributed by atoms with E-state index in [4.69, 9.17) is 14.2 Å². The minimum atomic E-state index is -0.764. The molecule has 0 saturated carbocycles. The maximum absolute atomic E-state index is 13.7. The Morgan fingerprint density at radius 2 is 1.72 bits per heavy atom. The smallest absolute Gasteiger partial charge is 0.355 e. The summed E-state index contributed by atoms with van der Waals surface area (Å²) in [5.41, 5.74) is 1.21. The van der Waals surface area contributed by atoms with Crippen LogP contribution in [0, 0.1) is 0 Å². The number of Topliss-reactive ketones (excluding diaryl/α,β-unsaturated/α-hetero) is 1. The van der Waals surface area contributed by atoms with E-state index in [-0.39, 0.29) is 23.0 Å². The molecule has 0 radical (unpaired) electrons. The van der Waals surface area contributed by atoms with Gasteiger partial charge in [-0.15, -0.1) is 0 Å². The van der Waals surface area contributed by atoms with Crippen molar-refractivity contribution in [1.82, 2.24) is 20.2 Å². The summed E-state index contributed by atoms with van der Waals surface area (Å²) >= 11 is 0. The molecule has 1 N–H and O–H groups in total. The fourth-order valence-electron chi connectivity index (χ4n) is 3.51. The standard InChI is InChI=1S/C22H21N5O5/c1-4-32-16-11-7-14(8-12-16)20(28)17-18(21(29)31-3)23-22-24-25-26-27(22)19(17)13-5-9-15(30-2)10-6-13/h5-12,19H,4H2,1-3H3,(H,23,24,26)/t19-/m0/s1. The highest BCUT2D eigenvalue weighted by Gasteiger charge is 2.38. The fourth-order valence-corrected chi connectivity index (χ4v) is 3.51. The zero-order valence-corrected chi connectivity index (χ0v) is 17.7. The SMILES string of the molecule is CCOc1ccc(C(=O)C2=C(C(=O)OC)Nc3nnnn3[C@H]2c2ccc(OC)cc2)cc1. The number of esters is 1. The minimum Gasteiger partial charge on any atom is -0.497 e. The lowest BCUT2D eigenvalue weighted by molar-refractivity contribution is -0.136. The van der Waals surface area contributed by atoms with Gasteiger partial charge < -0.3 is 19.5 Å². The second kappa shape index (κ2) is 8.88. The first-order valence-corrected chi connectivity index (χ1v) is 9.86. The molecule has 1 aromatic heterocycles. The zero-order valence-electron chi connectivity index (χ0n) is 17.7. The van der Waals surface area contributed by atoms with Gasteiger partial charge in [-0.25, -0.2) is 4.79 Å². The number of tetrazole rings is 1. The number of hydrogen-bond donors (Lipinski definition) is 1. The summed E-state index contributed by atoms with van der Waals surface area (Å²) in [5.74, 6) is 0.433. The number of nitrogens with one attached hydrogen (secondary N) is 1. The molecule has 1 atom stereocenters. The van der Waals surface area contributed by atoms with Crippen LogP contribution in [0.4, 0.5) is 5.95 Å². The second-order valence-electron chi connectivity index (χ2n) is 6.81. The Morgan fingerprint density at radius 3 is 2.34 bits per heavy atom. The highest BCUT2D eigenvalue weighted by molar-refractivity contribution is 6.15. The molecule has 2 heterocycles. The fraction of sp³-hybridized carbons (Fsp3) is 0.227. The number of ether oxygens (including phenoxy) is 3. The van der Waals surface area contributed by atoms with Gasteiger partial charge >= 0.3 is 5.97 Å².